The first kappa shape index (κ1) is 21.1. The van der Waals surface area contributed by atoms with Gasteiger partial charge in [0.1, 0.15) is 6.10 Å². The standard InChI is InChI=1S/C27H38N2O3/c1-26-10-5-11-27(18-31-27)24(26)14-21-22(25(30)32-23(21)15-26)16-28-20-8-12-29(13-9-20)17-19-6-3-2-4-7-19/h2-4,6-7,20-24,28H,5,8-18H2,1H3/t21-,22+,23+,24-,26+,27-/m0/s1. The van der Waals surface area contributed by atoms with Crippen molar-refractivity contribution >= 4 is 5.97 Å². The van der Waals surface area contributed by atoms with Crippen LogP contribution < -0.4 is 5.32 Å². The lowest BCUT2D eigenvalue weighted by atomic mass is 9.53. The van der Waals surface area contributed by atoms with Crippen molar-refractivity contribution < 1.29 is 14.3 Å². The number of benzene rings is 1. The highest BCUT2D eigenvalue weighted by Gasteiger charge is 2.65. The molecule has 5 heteroatoms. The Balaban J connectivity index is 1.04. The molecule has 1 aromatic rings. The summed E-state index contributed by atoms with van der Waals surface area (Å²) in [6.07, 6.45) is 8.30. The van der Waals surface area contributed by atoms with Crippen molar-refractivity contribution in [1.82, 2.24) is 10.2 Å². The number of likely N-dealkylation sites (tertiary alicyclic amines) is 1. The van der Waals surface area contributed by atoms with E-state index in [1.807, 2.05) is 0 Å². The summed E-state index contributed by atoms with van der Waals surface area (Å²) in [4.78, 5) is 15.4. The zero-order valence-electron chi connectivity index (χ0n) is 19.4. The second-order valence-corrected chi connectivity index (χ2v) is 11.5. The Labute approximate surface area is 192 Å². The third-order valence-corrected chi connectivity index (χ3v) is 9.54. The van der Waals surface area contributed by atoms with Gasteiger partial charge < -0.3 is 14.8 Å². The van der Waals surface area contributed by atoms with Crippen LogP contribution in [0.3, 0.4) is 0 Å². The van der Waals surface area contributed by atoms with Crippen LogP contribution in [0.5, 0.6) is 0 Å². The number of esters is 1. The molecule has 0 radical (unpaired) electrons. The van der Waals surface area contributed by atoms with Gasteiger partial charge >= 0.3 is 5.97 Å². The largest absolute Gasteiger partial charge is 0.462 e. The number of fused-ring (bicyclic) bond motifs is 3. The molecular formula is C27H38N2O3. The molecule has 2 aliphatic carbocycles. The quantitative estimate of drug-likeness (QED) is 0.560. The molecule has 32 heavy (non-hydrogen) atoms. The van der Waals surface area contributed by atoms with Crippen LogP contribution in [-0.4, -0.2) is 54.9 Å². The Morgan fingerprint density at radius 3 is 2.69 bits per heavy atom. The van der Waals surface area contributed by atoms with E-state index in [9.17, 15) is 4.79 Å². The van der Waals surface area contributed by atoms with E-state index in [1.54, 1.807) is 0 Å². The molecule has 3 saturated heterocycles. The third kappa shape index (κ3) is 3.80. The number of hydrogen-bond donors (Lipinski definition) is 1. The minimum atomic E-state index is 0.0182. The van der Waals surface area contributed by atoms with Crippen LogP contribution in [0.1, 0.15) is 57.4 Å². The van der Waals surface area contributed by atoms with E-state index >= 15 is 0 Å². The van der Waals surface area contributed by atoms with Crippen molar-refractivity contribution in [3.8, 4) is 0 Å². The smallest absolute Gasteiger partial charge is 0.310 e. The normalized spacial score (nSPS) is 41.8. The van der Waals surface area contributed by atoms with E-state index in [1.165, 1.54) is 24.8 Å². The Kier molecular flexibility index (Phi) is 5.35. The molecule has 6 atom stereocenters. The minimum absolute atomic E-state index is 0.0182. The fraction of sp³-hybridized carbons (Fsp3) is 0.741. The highest BCUT2D eigenvalue weighted by Crippen LogP contribution is 2.62. The van der Waals surface area contributed by atoms with Crippen LogP contribution >= 0.6 is 0 Å². The number of nitrogens with zero attached hydrogens (tertiary/aromatic N) is 1. The van der Waals surface area contributed by atoms with E-state index in [0.29, 0.717) is 17.9 Å². The Bertz CT molecular complexity index is 833. The van der Waals surface area contributed by atoms with Crippen LogP contribution in [0.25, 0.3) is 0 Å². The SMILES string of the molecule is C[C@]12CCC[C@]3(CO3)[C@H]1C[C@@H]1[C@@H](C2)OC(=O)[C@@H]1CNC1CCN(Cc2ccccc2)CC1. The fourth-order valence-electron chi connectivity index (χ4n) is 7.62. The first-order valence-corrected chi connectivity index (χ1v) is 12.9. The number of carbonyl (C=O) groups is 1. The van der Waals surface area contributed by atoms with Crippen molar-refractivity contribution in [2.75, 3.05) is 26.2 Å². The molecule has 5 aliphatic rings. The molecule has 6 rings (SSSR count). The van der Waals surface area contributed by atoms with Crippen molar-refractivity contribution in [2.24, 2.45) is 23.2 Å². The monoisotopic (exact) mass is 438 g/mol. The number of carbonyl (C=O) groups excluding carboxylic acids is 1. The van der Waals surface area contributed by atoms with Gasteiger partial charge in [-0.15, -0.1) is 0 Å². The Morgan fingerprint density at radius 2 is 1.94 bits per heavy atom. The second kappa shape index (κ2) is 8.11. The summed E-state index contributed by atoms with van der Waals surface area (Å²) >= 11 is 0. The van der Waals surface area contributed by atoms with Gasteiger partial charge in [-0.05, 0) is 74.9 Å². The summed E-state index contributed by atoms with van der Waals surface area (Å²) in [5.41, 5.74) is 1.81. The maximum atomic E-state index is 12.9. The topological polar surface area (TPSA) is 54.1 Å². The molecular weight excluding hydrogens is 400 g/mol. The van der Waals surface area contributed by atoms with E-state index in [0.717, 1.165) is 58.5 Å². The van der Waals surface area contributed by atoms with Gasteiger partial charge in [0.05, 0.1) is 18.1 Å². The number of nitrogens with one attached hydrogen (secondary N) is 1. The zero-order chi connectivity index (χ0) is 21.8. The summed E-state index contributed by atoms with van der Waals surface area (Å²) in [6, 6.07) is 11.3. The lowest BCUT2D eigenvalue weighted by Crippen LogP contribution is -2.51. The molecule has 1 N–H and O–H groups in total. The molecule has 2 saturated carbocycles. The van der Waals surface area contributed by atoms with E-state index < -0.39 is 0 Å². The lowest BCUT2D eigenvalue weighted by molar-refractivity contribution is -0.147. The molecule has 5 fully saturated rings. The summed E-state index contributed by atoms with van der Waals surface area (Å²) in [6.45, 7) is 7.42. The van der Waals surface area contributed by atoms with Crippen LogP contribution in [0.4, 0.5) is 0 Å². The highest BCUT2D eigenvalue weighted by molar-refractivity contribution is 5.75. The fourth-order valence-corrected chi connectivity index (χ4v) is 7.62. The third-order valence-electron chi connectivity index (χ3n) is 9.54. The average Bonchev–Trinajstić information content (AvgIpc) is 3.49. The predicted molar refractivity (Wildman–Crippen MR) is 123 cm³/mol. The van der Waals surface area contributed by atoms with Gasteiger partial charge in [0.15, 0.2) is 0 Å². The van der Waals surface area contributed by atoms with Gasteiger partial charge in [-0.1, -0.05) is 37.3 Å². The molecule has 3 heterocycles. The Hall–Kier alpha value is -1.43. The molecule has 174 valence electrons. The molecule has 0 unspecified atom stereocenters. The molecule has 0 aromatic heterocycles. The summed E-state index contributed by atoms with van der Waals surface area (Å²) in [7, 11) is 0. The number of piperidine rings is 1. The number of hydrogen-bond acceptors (Lipinski definition) is 5. The van der Waals surface area contributed by atoms with Crippen molar-refractivity contribution in [3.05, 3.63) is 35.9 Å². The summed E-state index contributed by atoms with van der Waals surface area (Å²) in [5, 5.41) is 3.77. The number of rotatable bonds is 5. The van der Waals surface area contributed by atoms with Gasteiger partial charge in [-0.2, -0.15) is 0 Å². The number of ether oxygens (including phenoxy) is 2. The molecule has 5 nitrogen and oxygen atoms in total. The van der Waals surface area contributed by atoms with Gasteiger partial charge in [0.25, 0.3) is 0 Å². The van der Waals surface area contributed by atoms with Crippen molar-refractivity contribution in [3.63, 3.8) is 0 Å². The first-order chi connectivity index (χ1) is 15.5. The van der Waals surface area contributed by atoms with Crippen LogP contribution in [-0.2, 0) is 20.8 Å². The molecule has 1 spiro atoms. The minimum Gasteiger partial charge on any atom is -0.462 e. The average molecular weight is 439 g/mol. The molecule has 0 bridgehead atoms. The van der Waals surface area contributed by atoms with Gasteiger partial charge in [0.2, 0.25) is 0 Å². The van der Waals surface area contributed by atoms with Gasteiger partial charge in [0, 0.05) is 25.0 Å². The number of epoxide rings is 1. The predicted octanol–water partition coefficient (Wildman–Crippen LogP) is 3.77. The van der Waals surface area contributed by atoms with Crippen LogP contribution in [0.2, 0.25) is 0 Å². The highest BCUT2D eigenvalue weighted by atomic mass is 16.6. The Morgan fingerprint density at radius 1 is 1.16 bits per heavy atom. The summed E-state index contributed by atoms with van der Waals surface area (Å²) < 4.78 is 12.0. The lowest BCUT2D eigenvalue weighted by Gasteiger charge is -2.51. The molecule has 3 aliphatic heterocycles. The second-order valence-electron chi connectivity index (χ2n) is 11.5. The molecule has 1 aromatic carbocycles. The molecule has 0 amide bonds. The maximum absolute atomic E-state index is 12.9. The van der Waals surface area contributed by atoms with E-state index in [-0.39, 0.29) is 29.0 Å². The van der Waals surface area contributed by atoms with E-state index in [4.69, 9.17) is 9.47 Å². The van der Waals surface area contributed by atoms with Crippen LogP contribution in [0, 0.1) is 23.2 Å². The van der Waals surface area contributed by atoms with Crippen molar-refractivity contribution in [1.29, 1.82) is 0 Å². The van der Waals surface area contributed by atoms with Gasteiger partial charge in [-0.25, -0.2) is 0 Å². The van der Waals surface area contributed by atoms with Gasteiger partial charge in [-0.3, -0.25) is 9.69 Å². The summed E-state index contributed by atoms with van der Waals surface area (Å²) in [5.74, 6) is 1.03. The maximum Gasteiger partial charge on any atom is 0.310 e. The van der Waals surface area contributed by atoms with Crippen LogP contribution in [0.15, 0.2) is 30.3 Å². The van der Waals surface area contributed by atoms with Crippen molar-refractivity contribution in [2.45, 2.75) is 76.2 Å². The van der Waals surface area contributed by atoms with E-state index in [2.05, 4.69) is 47.5 Å². The zero-order valence-corrected chi connectivity index (χ0v) is 19.4. The first-order valence-electron chi connectivity index (χ1n) is 12.9.